The third-order valence-electron chi connectivity index (χ3n) is 4.51. The van der Waals surface area contributed by atoms with Crippen LogP contribution in [0.5, 0.6) is 0 Å². The first-order valence-electron chi connectivity index (χ1n) is 8.60. The number of halogens is 1. The molecule has 0 radical (unpaired) electrons. The number of anilines is 1. The van der Waals surface area contributed by atoms with Gasteiger partial charge in [-0.2, -0.15) is 0 Å². The number of carbonyl (C=O) groups excluding carboxylic acids is 1. The van der Waals surface area contributed by atoms with Gasteiger partial charge in [0.05, 0.1) is 0 Å². The van der Waals surface area contributed by atoms with Gasteiger partial charge >= 0.3 is 0 Å². The highest BCUT2D eigenvalue weighted by atomic mass is 35.5. The molecule has 0 aliphatic heterocycles. The van der Waals surface area contributed by atoms with E-state index in [9.17, 15) is 4.79 Å². The van der Waals surface area contributed by atoms with Gasteiger partial charge < -0.3 is 5.32 Å². The molecule has 0 spiro atoms. The highest BCUT2D eigenvalue weighted by Gasteiger charge is 2.25. The van der Waals surface area contributed by atoms with Crippen molar-refractivity contribution in [2.24, 2.45) is 0 Å². The van der Waals surface area contributed by atoms with Gasteiger partial charge in [0.1, 0.15) is 6.04 Å². The van der Waals surface area contributed by atoms with E-state index in [1.807, 2.05) is 54.6 Å². The monoisotopic (exact) mass is 342 g/mol. The molecule has 2 N–H and O–H groups in total. The first-order valence-corrected chi connectivity index (χ1v) is 8.97. The summed E-state index contributed by atoms with van der Waals surface area (Å²) in [5.74, 6) is -0.0332. The molecule has 2 aromatic carbocycles. The van der Waals surface area contributed by atoms with Gasteiger partial charge in [0.2, 0.25) is 5.91 Å². The summed E-state index contributed by atoms with van der Waals surface area (Å²) in [6.45, 7) is 0. The maximum absolute atomic E-state index is 12.9. The van der Waals surface area contributed by atoms with E-state index in [1.165, 1.54) is 19.3 Å². The van der Waals surface area contributed by atoms with Gasteiger partial charge in [-0.25, -0.2) is 0 Å². The van der Waals surface area contributed by atoms with Gasteiger partial charge in [-0.15, -0.1) is 0 Å². The third-order valence-corrected chi connectivity index (χ3v) is 4.77. The number of hydrogen-bond acceptors (Lipinski definition) is 2. The topological polar surface area (TPSA) is 41.1 Å². The summed E-state index contributed by atoms with van der Waals surface area (Å²) >= 11 is 6.00. The highest BCUT2D eigenvalue weighted by molar-refractivity contribution is 6.30. The Morgan fingerprint density at radius 2 is 1.62 bits per heavy atom. The maximum atomic E-state index is 12.9. The van der Waals surface area contributed by atoms with E-state index in [0.717, 1.165) is 24.1 Å². The van der Waals surface area contributed by atoms with Crippen LogP contribution in [-0.2, 0) is 4.79 Å². The molecule has 0 saturated heterocycles. The lowest BCUT2D eigenvalue weighted by Crippen LogP contribution is -2.40. The fourth-order valence-electron chi connectivity index (χ4n) is 3.22. The Kier molecular flexibility index (Phi) is 5.89. The number of benzene rings is 2. The Labute approximate surface area is 148 Å². The molecule has 1 saturated carbocycles. The molecule has 126 valence electrons. The van der Waals surface area contributed by atoms with Gasteiger partial charge in [0, 0.05) is 16.8 Å². The molecule has 0 aromatic heterocycles. The molecular formula is C20H23ClN2O. The molecule has 1 aliphatic carbocycles. The minimum Gasteiger partial charge on any atom is -0.324 e. The molecule has 1 amide bonds. The number of rotatable bonds is 5. The van der Waals surface area contributed by atoms with Crippen LogP contribution in [0.25, 0.3) is 0 Å². The average Bonchev–Trinajstić information content (AvgIpc) is 2.62. The number of carbonyl (C=O) groups is 1. The van der Waals surface area contributed by atoms with Crippen molar-refractivity contribution < 1.29 is 4.79 Å². The summed E-state index contributed by atoms with van der Waals surface area (Å²) in [6.07, 6.45) is 6.00. The van der Waals surface area contributed by atoms with Crippen molar-refractivity contribution in [1.82, 2.24) is 5.32 Å². The second kappa shape index (κ2) is 8.32. The Morgan fingerprint density at radius 3 is 2.29 bits per heavy atom. The second-order valence-electron chi connectivity index (χ2n) is 6.34. The zero-order valence-corrected chi connectivity index (χ0v) is 14.4. The van der Waals surface area contributed by atoms with Crippen LogP contribution >= 0.6 is 11.6 Å². The average molecular weight is 343 g/mol. The van der Waals surface area contributed by atoms with Crippen LogP contribution in [0, 0.1) is 0 Å². The van der Waals surface area contributed by atoms with Crippen LogP contribution in [0.4, 0.5) is 5.69 Å². The van der Waals surface area contributed by atoms with E-state index in [4.69, 9.17) is 11.6 Å². The SMILES string of the molecule is O=C(Nc1ccccc1)[C@@H](NC1CCCCC1)c1ccc(Cl)cc1. The van der Waals surface area contributed by atoms with E-state index in [2.05, 4.69) is 10.6 Å². The number of para-hydroxylation sites is 1. The molecule has 1 aliphatic rings. The van der Waals surface area contributed by atoms with Gasteiger partial charge in [-0.05, 0) is 42.7 Å². The normalized spacial score (nSPS) is 16.5. The summed E-state index contributed by atoms with van der Waals surface area (Å²) in [7, 11) is 0. The van der Waals surface area contributed by atoms with Crippen molar-refractivity contribution in [1.29, 1.82) is 0 Å². The largest absolute Gasteiger partial charge is 0.324 e. The molecule has 0 bridgehead atoms. The van der Waals surface area contributed by atoms with Crippen LogP contribution in [0.15, 0.2) is 54.6 Å². The number of amides is 1. The van der Waals surface area contributed by atoms with Crippen LogP contribution < -0.4 is 10.6 Å². The predicted molar refractivity (Wildman–Crippen MR) is 99.3 cm³/mol. The van der Waals surface area contributed by atoms with E-state index in [-0.39, 0.29) is 11.9 Å². The van der Waals surface area contributed by atoms with Crippen molar-refractivity contribution in [2.75, 3.05) is 5.32 Å². The van der Waals surface area contributed by atoms with Gasteiger partial charge in [0.15, 0.2) is 0 Å². The van der Waals surface area contributed by atoms with Crippen LogP contribution in [0.3, 0.4) is 0 Å². The summed E-state index contributed by atoms with van der Waals surface area (Å²) in [5, 5.41) is 7.25. The first kappa shape index (κ1) is 17.0. The summed E-state index contributed by atoms with van der Waals surface area (Å²) in [4.78, 5) is 12.9. The molecule has 3 rings (SSSR count). The van der Waals surface area contributed by atoms with Crippen molar-refractivity contribution in [3.8, 4) is 0 Å². The Balaban J connectivity index is 1.77. The molecule has 0 heterocycles. The van der Waals surface area contributed by atoms with Gasteiger partial charge in [-0.3, -0.25) is 10.1 Å². The smallest absolute Gasteiger partial charge is 0.246 e. The lowest BCUT2D eigenvalue weighted by Gasteiger charge is -2.28. The zero-order chi connectivity index (χ0) is 16.8. The summed E-state index contributed by atoms with van der Waals surface area (Å²) in [5.41, 5.74) is 1.75. The lowest BCUT2D eigenvalue weighted by molar-refractivity contribution is -0.118. The van der Waals surface area contributed by atoms with Crippen LogP contribution in [-0.4, -0.2) is 11.9 Å². The van der Waals surface area contributed by atoms with Crippen molar-refractivity contribution in [3.05, 3.63) is 65.2 Å². The van der Waals surface area contributed by atoms with Crippen LogP contribution in [0.2, 0.25) is 5.02 Å². The molecule has 3 nitrogen and oxygen atoms in total. The van der Waals surface area contributed by atoms with E-state index in [0.29, 0.717) is 11.1 Å². The fourth-order valence-corrected chi connectivity index (χ4v) is 3.35. The van der Waals surface area contributed by atoms with E-state index < -0.39 is 0 Å². The van der Waals surface area contributed by atoms with E-state index in [1.54, 1.807) is 0 Å². The molecule has 2 aromatic rings. The summed E-state index contributed by atoms with van der Waals surface area (Å²) in [6, 6.07) is 17.1. The van der Waals surface area contributed by atoms with Gasteiger partial charge in [0.25, 0.3) is 0 Å². The van der Waals surface area contributed by atoms with Gasteiger partial charge in [-0.1, -0.05) is 61.2 Å². The fraction of sp³-hybridized carbons (Fsp3) is 0.350. The quantitative estimate of drug-likeness (QED) is 0.807. The molecule has 4 heteroatoms. The van der Waals surface area contributed by atoms with Crippen molar-refractivity contribution >= 4 is 23.2 Å². The third kappa shape index (κ3) is 4.59. The molecular weight excluding hydrogens is 320 g/mol. The molecule has 0 unspecified atom stereocenters. The molecule has 1 atom stereocenters. The van der Waals surface area contributed by atoms with Crippen LogP contribution in [0.1, 0.15) is 43.7 Å². The lowest BCUT2D eigenvalue weighted by atomic mass is 9.93. The molecule has 24 heavy (non-hydrogen) atoms. The minimum atomic E-state index is -0.370. The second-order valence-corrected chi connectivity index (χ2v) is 6.78. The zero-order valence-electron chi connectivity index (χ0n) is 13.7. The maximum Gasteiger partial charge on any atom is 0.246 e. The van der Waals surface area contributed by atoms with Crippen molar-refractivity contribution in [3.63, 3.8) is 0 Å². The Bertz CT molecular complexity index is 651. The van der Waals surface area contributed by atoms with Crippen molar-refractivity contribution in [2.45, 2.75) is 44.2 Å². The number of nitrogens with one attached hydrogen (secondary N) is 2. The first-order chi connectivity index (χ1) is 11.7. The minimum absolute atomic E-state index is 0.0332. The Hall–Kier alpha value is -1.84. The standard InChI is InChI=1S/C20H23ClN2O/c21-16-13-11-15(12-14-16)19(22-17-7-3-1-4-8-17)20(24)23-18-9-5-2-6-10-18/h2,5-6,9-14,17,19,22H,1,3-4,7-8H2,(H,23,24)/t19-/m0/s1. The van der Waals surface area contributed by atoms with E-state index >= 15 is 0 Å². The molecule has 1 fully saturated rings. The predicted octanol–water partition coefficient (Wildman–Crippen LogP) is 4.94. The number of hydrogen-bond donors (Lipinski definition) is 2. The Morgan fingerprint density at radius 1 is 0.958 bits per heavy atom. The highest BCUT2D eigenvalue weighted by Crippen LogP contribution is 2.24. The summed E-state index contributed by atoms with van der Waals surface area (Å²) < 4.78 is 0.